The average Bonchev–Trinajstić information content (AvgIpc) is 2.79. The van der Waals surface area contributed by atoms with E-state index in [4.69, 9.17) is 4.42 Å². The van der Waals surface area contributed by atoms with Gasteiger partial charge in [0.2, 0.25) is 0 Å². The molecule has 0 aromatic heterocycles. The Kier molecular flexibility index (Phi) is 7.21. The van der Waals surface area contributed by atoms with E-state index in [1.54, 1.807) is 12.1 Å². The molecule has 0 atom stereocenters. The summed E-state index contributed by atoms with van der Waals surface area (Å²) in [6.45, 7) is 7.36. The highest BCUT2D eigenvalue weighted by molar-refractivity contribution is 6.07. The van der Waals surface area contributed by atoms with Crippen molar-refractivity contribution in [2.45, 2.75) is 27.3 Å². The zero-order chi connectivity index (χ0) is 22.4. The molecule has 0 amide bonds. The van der Waals surface area contributed by atoms with Crippen molar-refractivity contribution < 1.29 is 14.3 Å². The van der Waals surface area contributed by atoms with Crippen LogP contribution in [0.15, 0.2) is 70.1 Å². The zero-order valence-corrected chi connectivity index (χ0v) is 18.4. The Morgan fingerprint density at radius 2 is 1.81 bits per heavy atom. The third kappa shape index (κ3) is 4.52. The number of nitrogens with one attached hydrogen (secondary N) is 1. The monoisotopic (exact) mass is 415 g/mol. The van der Waals surface area contributed by atoms with Crippen LogP contribution in [0.4, 0.5) is 0 Å². The molecule has 0 spiro atoms. The van der Waals surface area contributed by atoms with Crippen LogP contribution in [0.1, 0.15) is 36.7 Å². The van der Waals surface area contributed by atoms with Crippen LogP contribution in [0.5, 0.6) is 0 Å². The first-order valence-corrected chi connectivity index (χ1v) is 10.6. The lowest BCUT2D eigenvalue weighted by Gasteiger charge is -2.18. The summed E-state index contributed by atoms with van der Waals surface area (Å²) in [5.74, 6) is -0.538. The van der Waals surface area contributed by atoms with E-state index in [1.807, 2.05) is 76.3 Å². The molecule has 160 valence electrons. The SMILES string of the molecule is CC.CCN=c1ccc2c(-c3ccccc3C(=O)[O-])c3ccc(CNC)cc3oc-2c1. The molecule has 5 heteroatoms. The van der Waals surface area contributed by atoms with Gasteiger partial charge >= 0.3 is 0 Å². The van der Waals surface area contributed by atoms with Crippen LogP contribution < -0.4 is 15.8 Å². The van der Waals surface area contributed by atoms with Crippen LogP contribution in [0.3, 0.4) is 0 Å². The predicted octanol–water partition coefficient (Wildman–Crippen LogP) is 4.23. The van der Waals surface area contributed by atoms with Gasteiger partial charge in [0.25, 0.3) is 0 Å². The summed E-state index contributed by atoms with van der Waals surface area (Å²) < 4.78 is 6.23. The molecule has 0 radical (unpaired) electrons. The molecular weight excluding hydrogens is 388 g/mol. The molecule has 31 heavy (non-hydrogen) atoms. The Labute approximate surface area is 182 Å². The maximum absolute atomic E-state index is 11.8. The first-order chi connectivity index (χ1) is 15.1. The van der Waals surface area contributed by atoms with Gasteiger partial charge in [0, 0.05) is 41.2 Å². The van der Waals surface area contributed by atoms with Crippen molar-refractivity contribution >= 4 is 16.9 Å². The second-order valence-corrected chi connectivity index (χ2v) is 6.83. The number of nitrogens with zero attached hydrogens (tertiary/aromatic N) is 1. The third-order valence-corrected chi connectivity index (χ3v) is 4.91. The van der Waals surface area contributed by atoms with Gasteiger partial charge in [0.05, 0.1) is 11.3 Å². The number of fused-ring (bicyclic) bond motifs is 2. The predicted molar refractivity (Wildman–Crippen MR) is 123 cm³/mol. The average molecular weight is 416 g/mol. The quantitative estimate of drug-likeness (QED) is 0.495. The number of carbonyl (C=O) groups excluding carboxylic acids is 1. The van der Waals surface area contributed by atoms with E-state index in [-0.39, 0.29) is 5.56 Å². The first kappa shape index (κ1) is 22.2. The van der Waals surface area contributed by atoms with Gasteiger partial charge in [-0.2, -0.15) is 0 Å². The molecule has 0 bridgehead atoms. The van der Waals surface area contributed by atoms with Crippen molar-refractivity contribution in [2.24, 2.45) is 4.99 Å². The van der Waals surface area contributed by atoms with Gasteiger partial charge in [-0.3, -0.25) is 4.99 Å². The van der Waals surface area contributed by atoms with Crippen LogP contribution in [0, 0.1) is 0 Å². The molecule has 2 aromatic rings. The van der Waals surface area contributed by atoms with E-state index in [0.29, 0.717) is 30.0 Å². The second kappa shape index (κ2) is 10.0. The summed E-state index contributed by atoms with van der Waals surface area (Å²) in [5, 5.41) is 16.6. The molecule has 1 aliphatic heterocycles. The van der Waals surface area contributed by atoms with Crippen LogP contribution in [-0.2, 0) is 6.54 Å². The lowest BCUT2D eigenvalue weighted by atomic mass is 9.90. The minimum Gasteiger partial charge on any atom is -0.545 e. The maximum atomic E-state index is 11.8. The Bertz CT molecular complexity index is 1240. The second-order valence-electron chi connectivity index (χ2n) is 6.83. The van der Waals surface area contributed by atoms with Gasteiger partial charge in [-0.25, -0.2) is 0 Å². The number of hydrogen-bond acceptors (Lipinski definition) is 5. The molecule has 2 aromatic carbocycles. The summed E-state index contributed by atoms with van der Waals surface area (Å²) in [6.07, 6.45) is 0. The fraction of sp³-hybridized carbons (Fsp3) is 0.231. The molecule has 0 saturated heterocycles. The molecule has 1 heterocycles. The fourth-order valence-electron chi connectivity index (χ4n) is 3.69. The molecule has 0 unspecified atom stereocenters. The summed E-state index contributed by atoms with van der Waals surface area (Å²) in [6, 6.07) is 18.7. The number of hydrogen-bond donors (Lipinski definition) is 1. The molecule has 4 rings (SSSR count). The molecule has 2 aliphatic rings. The van der Waals surface area contributed by atoms with Crippen LogP contribution in [0.2, 0.25) is 0 Å². The Hall–Kier alpha value is -3.44. The van der Waals surface area contributed by atoms with Crippen molar-refractivity contribution in [3.63, 3.8) is 0 Å². The normalized spacial score (nSPS) is 11.4. The largest absolute Gasteiger partial charge is 0.545 e. The minimum absolute atomic E-state index is 0.155. The molecule has 5 nitrogen and oxygen atoms in total. The Balaban J connectivity index is 0.00000132. The van der Waals surface area contributed by atoms with E-state index in [1.165, 1.54) is 0 Å². The number of benzene rings is 3. The first-order valence-electron chi connectivity index (χ1n) is 10.6. The number of rotatable bonds is 5. The molecule has 1 N–H and O–H groups in total. The zero-order valence-electron chi connectivity index (χ0n) is 18.4. The van der Waals surface area contributed by atoms with Gasteiger partial charge in [0.15, 0.2) is 0 Å². The van der Waals surface area contributed by atoms with E-state index < -0.39 is 5.97 Å². The fourth-order valence-corrected chi connectivity index (χ4v) is 3.69. The number of carboxylic acids is 1. The highest BCUT2D eigenvalue weighted by atomic mass is 16.4. The Morgan fingerprint density at radius 1 is 1.03 bits per heavy atom. The van der Waals surface area contributed by atoms with Gasteiger partial charge in [-0.05, 0) is 43.3 Å². The van der Waals surface area contributed by atoms with Gasteiger partial charge in [-0.15, -0.1) is 0 Å². The van der Waals surface area contributed by atoms with E-state index >= 15 is 0 Å². The summed E-state index contributed by atoms with van der Waals surface area (Å²) >= 11 is 0. The van der Waals surface area contributed by atoms with E-state index in [0.717, 1.165) is 27.4 Å². The lowest BCUT2D eigenvalue weighted by Crippen LogP contribution is -2.23. The number of carbonyl (C=O) groups is 1. The van der Waals surface area contributed by atoms with Crippen molar-refractivity contribution in [3.8, 4) is 22.5 Å². The van der Waals surface area contributed by atoms with Crippen LogP contribution in [-0.4, -0.2) is 19.6 Å². The highest BCUT2D eigenvalue weighted by Crippen LogP contribution is 2.41. The third-order valence-electron chi connectivity index (χ3n) is 4.91. The van der Waals surface area contributed by atoms with Gasteiger partial charge in [0.1, 0.15) is 11.3 Å². The van der Waals surface area contributed by atoms with E-state index in [9.17, 15) is 9.90 Å². The molecule has 1 aliphatic carbocycles. The molecule has 0 fully saturated rings. The summed E-state index contributed by atoms with van der Waals surface area (Å²) in [7, 11) is 1.89. The smallest absolute Gasteiger partial charge is 0.137 e. The number of aromatic carboxylic acids is 1. The van der Waals surface area contributed by atoms with Crippen LogP contribution >= 0.6 is 0 Å². The van der Waals surface area contributed by atoms with E-state index in [2.05, 4.69) is 10.3 Å². The summed E-state index contributed by atoms with van der Waals surface area (Å²) in [4.78, 5) is 16.2. The van der Waals surface area contributed by atoms with Crippen LogP contribution in [0.25, 0.3) is 33.4 Å². The summed E-state index contributed by atoms with van der Waals surface area (Å²) in [5.41, 5.74) is 4.20. The van der Waals surface area contributed by atoms with Crippen molar-refractivity contribution in [1.29, 1.82) is 0 Å². The lowest BCUT2D eigenvalue weighted by molar-refractivity contribution is -0.254. The minimum atomic E-state index is -1.20. The van der Waals surface area contributed by atoms with Gasteiger partial charge < -0.3 is 19.6 Å². The number of carboxylic acid groups (broad SMARTS) is 1. The van der Waals surface area contributed by atoms with Crippen molar-refractivity contribution in [1.82, 2.24) is 5.32 Å². The van der Waals surface area contributed by atoms with Crippen molar-refractivity contribution in [3.05, 3.63) is 77.1 Å². The van der Waals surface area contributed by atoms with Gasteiger partial charge in [-0.1, -0.05) is 50.2 Å². The van der Waals surface area contributed by atoms with Crippen molar-refractivity contribution in [2.75, 3.05) is 13.6 Å². The molecular formula is C26H27N2O3-. The molecule has 0 saturated carbocycles. The Morgan fingerprint density at radius 3 is 2.52 bits per heavy atom. The topological polar surface area (TPSA) is 77.7 Å². The highest BCUT2D eigenvalue weighted by Gasteiger charge is 2.19. The maximum Gasteiger partial charge on any atom is 0.137 e. The standard InChI is InChI=1S/C24H22N2O3.C2H6/c1-3-26-16-9-11-20-22(13-16)29-21-12-15(14-25-2)8-10-19(21)23(20)17-6-4-5-7-18(17)24(27)28;1-2/h4-13,25H,3,14H2,1-2H3,(H,27,28);1-2H3/p-1.